The van der Waals surface area contributed by atoms with Crippen LogP contribution < -0.4 is 10.0 Å². The molecule has 2 N–H and O–H groups in total. The molecule has 5 nitrogen and oxygen atoms in total. The van der Waals surface area contributed by atoms with Gasteiger partial charge in [0.1, 0.15) is 0 Å². The first-order chi connectivity index (χ1) is 10.1. The first-order valence-corrected chi connectivity index (χ1v) is 9.36. The van der Waals surface area contributed by atoms with Crippen LogP contribution in [0.3, 0.4) is 0 Å². The van der Waals surface area contributed by atoms with Crippen LogP contribution in [0, 0.1) is 0 Å². The van der Waals surface area contributed by atoms with Crippen molar-refractivity contribution in [2.45, 2.75) is 50.1 Å². The van der Waals surface area contributed by atoms with Gasteiger partial charge in [-0.25, -0.2) is 13.1 Å². The van der Waals surface area contributed by atoms with Gasteiger partial charge < -0.3 is 5.32 Å². The maximum atomic E-state index is 12.2. The summed E-state index contributed by atoms with van der Waals surface area (Å²) in [5.41, 5.74) is 1.23. The fraction of sp³-hybridized carbons (Fsp3) is 0.667. The Morgan fingerprint density at radius 3 is 2.76 bits per heavy atom. The summed E-state index contributed by atoms with van der Waals surface area (Å²) < 4.78 is 27.4. The van der Waals surface area contributed by atoms with E-state index in [-0.39, 0.29) is 17.3 Å². The van der Waals surface area contributed by atoms with Gasteiger partial charge in [-0.3, -0.25) is 4.98 Å². The average Bonchev–Trinajstić information content (AvgIpc) is 2.45. The van der Waals surface area contributed by atoms with Crippen LogP contribution in [0.5, 0.6) is 0 Å². The second-order valence-corrected chi connectivity index (χ2v) is 8.17. The van der Waals surface area contributed by atoms with Crippen molar-refractivity contribution in [3.05, 3.63) is 30.1 Å². The van der Waals surface area contributed by atoms with Crippen molar-refractivity contribution < 1.29 is 8.42 Å². The Bertz CT molecular complexity index is 570. The molecule has 1 spiro atoms. The van der Waals surface area contributed by atoms with E-state index in [1.54, 1.807) is 12.4 Å². The average molecular weight is 309 g/mol. The van der Waals surface area contributed by atoms with Gasteiger partial charge in [-0.05, 0) is 62.8 Å². The van der Waals surface area contributed by atoms with Crippen molar-refractivity contribution in [1.29, 1.82) is 0 Å². The number of sulfonamides is 1. The van der Waals surface area contributed by atoms with E-state index in [9.17, 15) is 8.42 Å². The minimum Gasteiger partial charge on any atom is -0.311 e. The van der Waals surface area contributed by atoms with E-state index in [1.807, 2.05) is 12.1 Å². The first kappa shape index (κ1) is 14.9. The van der Waals surface area contributed by atoms with Crippen LogP contribution in [0.15, 0.2) is 24.5 Å². The van der Waals surface area contributed by atoms with Gasteiger partial charge in [-0.15, -0.1) is 0 Å². The number of nitrogens with one attached hydrogen (secondary N) is 2. The van der Waals surface area contributed by atoms with E-state index in [4.69, 9.17) is 0 Å². The smallest absolute Gasteiger partial charge is 0.212 e. The van der Waals surface area contributed by atoms with Crippen LogP contribution >= 0.6 is 0 Å². The second-order valence-electron chi connectivity index (χ2n) is 6.29. The predicted molar refractivity (Wildman–Crippen MR) is 82.5 cm³/mol. The van der Waals surface area contributed by atoms with Gasteiger partial charge >= 0.3 is 0 Å². The van der Waals surface area contributed by atoms with Crippen molar-refractivity contribution in [3.8, 4) is 0 Å². The highest BCUT2D eigenvalue weighted by atomic mass is 32.2. The maximum absolute atomic E-state index is 12.2. The van der Waals surface area contributed by atoms with Gasteiger partial charge in [0.2, 0.25) is 10.0 Å². The van der Waals surface area contributed by atoms with Crippen molar-refractivity contribution in [1.82, 2.24) is 15.0 Å². The minimum absolute atomic E-state index is 0.0917. The molecule has 0 aromatic carbocycles. The molecule has 1 unspecified atom stereocenters. The lowest BCUT2D eigenvalue weighted by molar-refractivity contribution is 0.126. The molecule has 1 aliphatic heterocycles. The number of nitrogens with zero attached hydrogens (tertiary/aromatic N) is 1. The number of hydrogen-bond acceptors (Lipinski definition) is 4. The Kier molecular flexibility index (Phi) is 4.28. The number of aromatic nitrogens is 1. The van der Waals surface area contributed by atoms with Crippen molar-refractivity contribution in [2.24, 2.45) is 0 Å². The van der Waals surface area contributed by atoms with Gasteiger partial charge in [-0.2, -0.15) is 0 Å². The molecule has 6 heteroatoms. The summed E-state index contributed by atoms with van der Waals surface area (Å²) in [5, 5.41) is 3.56. The number of piperidine rings is 1. The molecule has 1 atom stereocenters. The van der Waals surface area contributed by atoms with Crippen LogP contribution in [0.2, 0.25) is 0 Å². The number of aryl methyl sites for hydroxylation is 1. The molecular formula is C15H23N3O2S. The summed E-state index contributed by atoms with van der Waals surface area (Å²) in [5.74, 6) is 0.147. The fourth-order valence-electron chi connectivity index (χ4n) is 3.36. The van der Waals surface area contributed by atoms with Crippen LogP contribution in [-0.4, -0.2) is 37.3 Å². The second kappa shape index (κ2) is 6.02. The summed E-state index contributed by atoms with van der Waals surface area (Å²) in [6, 6.07) is 3.82. The highest BCUT2D eigenvalue weighted by Gasteiger charge is 2.41. The molecular weight excluding hydrogens is 286 g/mol. The summed E-state index contributed by atoms with van der Waals surface area (Å²) in [7, 11) is -3.21. The van der Waals surface area contributed by atoms with Gasteiger partial charge in [0.05, 0.1) is 5.75 Å². The van der Waals surface area contributed by atoms with E-state index < -0.39 is 10.0 Å². The van der Waals surface area contributed by atoms with E-state index >= 15 is 0 Å². The van der Waals surface area contributed by atoms with Crippen LogP contribution in [0.4, 0.5) is 0 Å². The molecule has 0 amide bonds. The Labute approximate surface area is 126 Å². The number of hydrogen-bond donors (Lipinski definition) is 2. The van der Waals surface area contributed by atoms with Crippen LogP contribution in [0.1, 0.15) is 37.7 Å². The van der Waals surface area contributed by atoms with Gasteiger partial charge in [-0.1, -0.05) is 0 Å². The lowest BCUT2D eigenvalue weighted by Crippen LogP contribution is -2.59. The van der Waals surface area contributed by atoms with E-state index in [0.717, 1.165) is 24.9 Å². The topological polar surface area (TPSA) is 71.1 Å². The molecule has 1 saturated heterocycles. The third kappa shape index (κ3) is 3.81. The summed E-state index contributed by atoms with van der Waals surface area (Å²) in [4.78, 5) is 3.94. The Balaban J connectivity index is 1.53. The van der Waals surface area contributed by atoms with Crippen molar-refractivity contribution in [3.63, 3.8) is 0 Å². The lowest BCUT2D eigenvalue weighted by Gasteiger charge is -2.48. The fourth-order valence-corrected chi connectivity index (χ4v) is 4.69. The molecule has 21 heavy (non-hydrogen) atoms. The Morgan fingerprint density at radius 1 is 1.33 bits per heavy atom. The zero-order chi connectivity index (χ0) is 14.8. The molecule has 3 rings (SSSR count). The molecule has 1 saturated carbocycles. The summed E-state index contributed by atoms with van der Waals surface area (Å²) in [6.45, 7) is 0.914. The van der Waals surface area contributed by atoms with Gasteiger partial charge in [0.15, 0.2) is 0 Å². The highest BCUT2D eigenvalue weighted by molar-refractivity contribution is 7.89. The zero-order valence-electron chi connectivity index (χ0n) is 12.2. The Hall–Kier alpha value is -0.980. The summed E-state index contributed by atoms with van der Waals surface area (Å²) >= 11 is 0. The monoisotopic (exact) mass is 309 g/mol. The van der Waals surface area contributed by atoms with Crippen molar-refractivity contribution >= 4 is 10.0 Å². The number of pyridine rings is 1. The molecule has 0 radical (unpaired) electrons. The van der Waals surface area contributed by atoms with E-state index in [1.165, 1.54) is 19.3 Å². The van der Waals surface area contributed by atoms with Gasteiger partial charge in [0.25, 0.3) is 0 Å². The third-order valence-electron chi connectivity index (χ3n) is 4.70. The molecule has 2 aliphatic rings. The van der Waals surface area contributed by atoms with Gasteiger partial charge in [0, 0.05) is 24.0 Å². The molecule has 2 heterocycles. The first-order valence-electron chi connectivity index (χ1n) is 7.71. The van der Waals surface area contributed by atoms with Crippen LogP contribution in [0.25, 0.3) is 0 Å². The lowest BCUT2D eigenvalue weighted by atomic mass is 9.70. The normalized spacial score (nSPS) is 24.7. The minimum atomic E-state index is -3.21. The number of rotatable bonds is 5. The molecule has 1 aromatic heterocycles. The predicted octanol–water partition coefficient (Wildman–Crippen LogP) is 1.22. The molecule has 0 bridgehead atoms. The largest absolute Gasteiger partial charge is 0.311 e. The zero-order valence-corrected chi connectivity index (χ0v) is 13.0. The summed E-state index contributed by atoms with van der Waals surface area (Å²) in [6.07, 6.45) is 9.37. The molecule has 1 aliphatic carbocycles. The molecule has 1 aromatic rings. The maximum Gasteiger partial charge on any atom is 0.212 e. The highest BCUT2D eigenvalue weighted by Crippen LogP contribution is 2.38. The van der Waals surface area contributed by atoms with E-state index in [0.29, 0.717) is 6.42 Å². The quantitative estimate of drug-likeness (QED) is 0.858. The molecule has 116 valence electrons. The Morgan fingerprint density at radius 2 is 2.10 bits per heavy atom. The van der Waals surface area contributed by atoms with Crippen LogP contribution in [-0.2, 0) is 16.4 Å². The molecule has 2 fully saturated rings. The standard InChI is InChI=1S/C15H23N3O2S/c19-21(20,11-5-13-2-8-16-9-3-13)18-14-4-10-17-15(12-14)6-1-7-15/h2-3,8-9,14,17-18H,1,4-7,10-12H2. The van der Waals surface area contributed by atoms with E-state index in [2.05, 4.69) is 15.0 Å². The SMILES string of the molecule is O=S(=O)(CCc1ccncc1)NC1CCNC2(CCC2)C1. The third-order valence-corrected chi connectivity index (χ3v) is 6.13. The van der Waals surface area contributed by atoms with Crippen molar-refractivity contribution in [2.75, 3.05) is 12.3 Å².